The first-order valence-corrected chi connectivity index (χ1v) is 7.23. The number of carbonyl (C=O) groups excluding carboxylic acids is 1. The van der Waals surface area contributed by atoms with Gasteiger partial charge < -0.3 is 5.32 Å². The molecule has 0 saturated carbocycles. The lowest BCUT2D eigenvalue weighted by Gasteiger charge is -2.12. The van der Waals surface area contributed by atoms with Gasteiger partial charge in [-0.2, -0.15) is 0 Å². The molecule has 2 aromatic carbocycles. The molecule has 0 bridgehead atoms. The molecule has 4 heteroatoms. The second-order valence-corrected chi connectivity index (χ2v) is 5.96. The van der Waals surface area contributed by atoms with Crippen LogP contribution >= 0.6 is 11.8 Å². The lowest BCUT2D eigenvalue weighted by atomic mass is 10.2. The highest BCUT2D eigenvalue weighted by molar-refractivity contribution is 8.00. The summed E-state index contributed by atoms with van der Waals surface area (Å²) in [4.78, 5) is 13.1. The van der Waals surface area contributed by atoms with Gasteiger partial charge in [0.1, 0.15) is 5.82 Å². The fourth-order valence-corrected chi connectivity index (χ4v) is 2.54. The van der Waals surface area contributed by atoms with Gasteiger partial charge in [-0.25, -0.2) is 4.39 Å². The van der Waals surface area contributed by atoms with Crippen LogP contribution in [0.4, 0.5) is 10.1 Å². The second kappa shape index (κ2) is 6.57. The predicted octanol–water partition coefficient (Wildman–Crippen LogP) is 4.25. The van der Waals surface area contributed by atoms with Crippen molar-refractivity contribution in [2.75, 3.05) is 5.32 Å². The minimum atomic E-state index is -0.423. The summed E-state index contributed by atoms with van der Waals surface area (Å²) in [6, 6.07) is 14.1. The lowest BCUT2D eigenvalue weighted by Crippen LogP contribution is -2.22. The normalized spacial score (nSPS) is 11.9. The summed E-state index contributed by atoms with van der Waals surface area (Å²) >= 11 is 1.45. The van der Waals surface area contributed by atoms with Gasteiger partial charge in [-0.05, 0) is 38.1 Å². The summed E-state index contributed by atoms with van der Waals surface area (Å²) in [5.41, 5.74) is 1.40. The van der Waals surface area contributed by atoms with E-state index in [4.69, 9.17) is 0 Å². The Balaban J connectivity index is 1.99. The van der Waals surface area contributed by atoms with Crippen molar-refractivity contribution in [1.29, 1.82) is 0 Å². The Hall–Kier alpha value is -1.81. The molecular formula is C16H16FNOS. The fraction of sp³-hybridized carbons (Fsp3) is 0.188. The molecule has 2 aromatic rings. The van der Waals surface area contributed by atoms with Crippen LogP contribution in [0.15, 0.2) is 53.4 Å². The molecule has 0 saturated heterocycles. The zero-order valence-electron chi connectivity index (χ0n) is 11.4. The first-order chi connectivity index (χ1) is 9.56. The highest BCUT2D eigenvalue weighted by Gasteiger charge is 2.15. The second-order valence-electron chi connectivity index (χ2n) is 4.54. The number of para-hydroxylation sites is 1. The molecule has 0 heterocycles. The number of hydrogen-bond acceptors (Lipinski definition) is 2. The topological polar surface area (TPSA) is 29.1 Å². The smallest absolute Gasteiger partial charge is 0.237 e. The van der Waals surface area contributed by atoms with Crippen molar-refractivity contribution in [2.45, 2.75) is 24.0 Å². The van der Waals surface area contributed by atoms with Gasteiger partial charge in [0.15, 0.2) is 0 Å². The number of hydrogen-bond donors (Lipinski definition) is 1. The van der Waals surface area contributed by atoms with Gasteiger partial charge in [-0.3, -0.25) is 4.79 Å². The van der Waals surface area contributed by atoms with E-state index in [-0.39, 0.29) is 16.8 Å². The average molecular weight is 289 g/mol. The molecule has 0 unspecified atom stereocenters. The molecule has 1 N–H and O–H groups in total. The number of benzene rings is 2. The van der Waals surface area contributed by atoms with Crippen LogP contribution in [-0.4, -0.2) is 11.2 Å². The fourth-order valence-electron chi connectivity index (χ4n) is 1.67. The van der Waals surface area contributed by atoms with E-state index in [0.29, 0.717) is 0 Å². The lowest BCUT2D eigenvalue weighted by molar-refractivity contribution is -0.115. The standard InChI is InChI=1S/C16H16FNOS/c1-11-7-9-13(10-8-11)20-12(2)16(19)18-15-6-4-3-5-14(15)17/h3-10,12H,1-2H3,(H,18,19)/t12-/m1/s1. The Morgan fingerprint density at radius 3 is 2.45 bits per heavy atom. The van der Waals surface area contributed by atoms with Crippen LogP contribution in [0.2, 0.25) is 0 Å². The van der Waals surface area contributed by atoms with Crippen LogP contribution < -0.4 is 5.32 Å². The Kier molecular flexibility index (Phi) is 4.79. The van der Waals surface area contributed by atoms with Gasteiger partial charge >= 0.3 is 0 Å². The van der Waals surface area contributed by atoms with Gasteiger partial charge in [-0.15, -0.1) is 11.8 Å². The molecule has 0 radical (unpaired) electrons. The first-order valence-electron chi connectivity index (χ1n) is 6.35. The van der Waals surface area contributed by atoms with Crippen molar-refractivity contribution in [2.24, 2.45) is 0 Å². The number of thioether (sulfide) groups is 1. The van der Waals surface area contributed by atoms with Crippen molar-refractivity contribution >= 4 is 23.4 Å². The van der Waals surface area contributed by atoms with Crippen molar-refractivity contribution in [3.05, 3.63) is 59.9 Å². The molecule has 1 amide bonds. The summed E-state index contributed by atoms with van der Waals surface area (Å²) in [6.07, 6.45) is 0. The van der Waals surface area contributed by atoms with E-state index in [1.165, 1.54) is 23.4 Å². The molecule has 104 valence electrons. The van der Waals surface area contributed by atoms with Gasteiger partial charge in [0, 0.05) is 4.90 Å². The number of anilines is 1. The van der Waals surface area contributed by atoms with Crippen LogP contribution in [-0.2, 0) is 4.79 Å². The number of amides is 1. The maximum Gasteiger partial charge on any atom is 0.237 e. The minimum absolute atomic E-state index is 0.208. The average Bonchev–Trinajstić information content (AvgIpc) is 2.44. The number of halogens is 1. The highest BCUT2D eigenvalue weighted by Crippen LogP contribution is 2.24. The maximum absolute atomic E-state index is 13.5. The van der Waals surface area contributed by atoms with Gasteiger partial charge in [0.2, 0.25) is 5.91 Å². The largest absolute Gasteiger partial charge is 0.323 e. The van der Waals surface area contributed by atoms with Crippen LogP contribution in [0.25, 0.3) is 0 Å². The third-order valence-electron chi connectivity index (χ3n) is 2.83. The zero-order valence-corrected chi connectivity index (χ0v) is 12.2. The van der Waals surface area contributed by atoms with Crippen molar-refractivity contribution in [3.63, 3.8) is 0 Å². The van der Waals surface area contributed by atoms with Crippen molar-refractivity contribution < 1.29 is 9.18 Å². The van der Waals surface area contributed by atoms with E-state index in [2.05, 4.69) is 5.32 Å². The molecule has 20 heavy (non-hydrogen) atoms. The van der Waals surface area contributed by atoms with Crippen LogP contribution in [0.5, 0.6) is 0 Å². The molecular weight excluding hydrogens is 273 g/mol. The summed E-state index contributed by atoms with van der Waals surface area (Å²) in [7, 11) is 0. The SMILES string of the molecule is Cc1ccc(S[C@H](C)C(=O)Nc2ccccc2F)cc1. The molecule has 2 nitrogen and oxygen atoms in total. The van der Waals surface area contributed by atoms with E-state index in [9.17, 15) is 9.18 Å². The summed E-state index contributed by atoms with van der Waals surface area (Å²) < 4.78 is 13.5. The van der Waals surface area contributed by atoms with Gasteiger partial charge in [0.05, 0.1) is 10.9 Å². The Bertz CT molecular complexity index is 598. The number of rotatable bonds is 4. The highest BCUT2D eigenvalue weighted by atomic mass is 32.2. The molecule has 0 aromatic heterocycles. The molecule has 1 atom stereocenters. The third kappa shape index (κ3) is 3.84. The van der Waals surface area contributed by atoms with E-state index < -0.39 is 5.82 Å². The Morgan fingerprint density at radius 2 is 1.80 bits per heavy atom. The summed E-state index contributed by atoms with van der Waals surface area (Å²) in [5, 5.41) is 2.31. The summed E-state index contributed by atoms with van der Waals surface area (Å²) in [6.45, 7) is 3.82. The van der Waals surface area contributed by atoms with Crippen molar-refractivity contribution in [3.8, 4) is 0 Å². The Morgan fingerprint density at radius 1 is 1.15 bits per heavy atom. The number of nitrogens with one attached hydrogen (secondary N) is 1. The van der Waals surface area contributed by atoms with Gasteiger partial charge in [0.25, 0.3) is 0 Å². The quantitative estimate of drug-likeness (QED) is 0.852. The minimum Gasteiger partial charge on any atom is -0.323 e. The van der Waals surface area contributed by atoms with E-state index in [1.54, 1.807) is 25.1 Å². The molecule has 0 aliphatic rings. The predicted molar refractivity (Wildman–Crippen MR) is 81.5 cm³/mol. The molecule has 0 aliphatic carbocycles. The molecule has 0 fully saturated rings. The van der Waals surface area contributed by atoms with E-state index in [1.807, 2.05) is 31.2 Å². The van der Waals surface area contributed by atoms with Crippen LogP contribution in [0, 0.1) is 12.7 Å². The van der Waals surface area contributed by atoms with Crippen molar-refractivity contribution in [1.82, 2.24) is 0 Å². The zero-order chi connectivity index (χ0) is 14.5. The Labute approximate surface area is 122 Å². The van der Waals surface area contributed by atoms with E-state index in [0.717, 1.165) is 4.90 Å². The monoisotopic (exact) mass is 289 g/mol. The maximum atomic E-state index is 13.5. The number of carbonyl (C=O) groups is 1. The molecule has 0 spiro atoms. The van der Waals surface area contributed by atoms with Gasteiger partial charge in [-0.1, -0.05) is 29.8 Å². The third-order valence-corrected chi connectivity index (χ3v) is 3.95. The van der Waals surface area contributed by atoms with Crippen LogP contribution in [0.1, 0.15) is 12.5 Å². The van der Waals surface area contributed by atoms with E-state index >= 15 is 0 Å². The molecule has 2 rings (SSSR count). The van der Waals surface area contributed by atoms with Crippen LogP contribution in [0.3, 0.4) is 0 Å². The first kappa shape index (κ1) is 14.6. The number of aryl methyl sites for hydroxylation is 1. The molecule has 0 aliphatic heterocycles. The summed E-state index contributed by atoms with van der Waals surface area (Å²) in [5.74, 6) is -0.630.